The number of urea groups is 1. The van der Waals surface area contributed by atoms with Gasteiger partial charge in [-0.25, -0.2) is 22.7 Å². The van der Waals surface area contributed by atoms with Gasteiger partial charge in [-0.15, -0.1) is 0 Å². The number of aryl methyl sites for hydroxylation is 1. The van der Waals surface area contributed by atoms with Crippen molar-refractivity contribution in [3.8, 4) is 0 Å². The molecule has 0 bridgehead atoms. The molecule has 1 aromatic carbocycles. The largest absolute Gasteiger partial charge is 0.325 e. The van der Waals surface area contributed by atoms with Gasteiger partial charge >= 0.3 is 6.03 Å². The molecular weight excluding hydrogens is 301 g/mol. The van der Waals surface area contributed by atoms with Crippen molar-refractivity contribution in [2.24, 2.45) is 12.2 Å². The average molecular weight is 313 g/mol. The number of nitrogens with one attached hydrogen (secondary N) is 2. The van der Waals surface area contributed by atoms with Crippen LogP contribution >= 0.6 is 0 Å². The molecule has 10 heteroatoms. The van der Waals surface area contributed by atoms with Gasteiger partial charge in [0.15, 0.2) is 5.82 Å². The molecule has 1 heterocycles. The number of sulfonamides is 1. The predicted molar refractivity (Wildman–Crippen MR) is 73.6 cm³/mol. The summed E-state index contributed by atoms with van der Waals surface area (Å²) in [5, 5.41) is 13.2. The lowest BCUT2D eigenvalue weighted by Crippen LogP contribution is -2.22. The van der Waals surface area contributed by atoms with E-state index < -0.39 is 21.9 Å². The van der Waals surface area contributed by atoms with Crippen LogP contribution in [0.3, 0.4) is 0 Å². The Labute approximate surface area is 119 Å². The number of primary sulfonamides is 1. The van der Waals surface area contributed by atoms with Crippen LogP contribution in [0.4, 0.5) is 20.7 Å². The minimum absolute atomic E-state index is 0.0527. The second kappa shape index (κ2) is 5.50. The molecular formula is C11H12FN5O3S. The Balaban J connectivity index is 2.20. The summed E-state index contributed by atoms with van der Waals surface area (Å²) in [6.45, 7) is 0. The molecule has 8 nitrogen and oxygen atoms in total. The Morgan fingerprint density at radius 3 is 2.62 bits per heavy atom. The number of amides is 2. The Hall–Kier alpha value is -2.46. The van der Waals surface area contributed by atoms with Crippen molar-refractivity contribution in [1.29, 1.82) is 0 Å². The lowest BCUT2D eigenvalue weighted by Gasteiger charge is -2.07. The fourth-order valence-electron chi connectivity index (χ4n) is 1.59. The van der Waals surface area contributed by atoms with Crippen LogP contribution in [-0.4, -0.2) is 24.2 Å². The average Bonchev–Trinajstić information content (AvgIpc) is 2.73. The van der Waals surface area contributed by atoms with Gasteiger partial charge in [-0.2, -0.15) is 5.10 Å². The molecule has 21 heavy (non-hydrogen) atoms. The minimum Gasteiger partial charge on any atom is -0.305 e. The highest BCUT2D eigenvalue weighted by Gasteiger charge is 2.20. The maximum absolute atomic E-state index is 13.4. The summed E-state index contributed by atoms with van der Waals surface area (Å²) in [7, 11) is -2.57. The number of halogens is 1. The standard InChI is InChI=1S/C11H12FN5O3S/c1-17-6-9(21(13,19)20)10(16-17)15-11(18)14-8-5-3-2-4-7(8)12/h2-6H,1H3,(H2,13,19,20)(H2,14,15,16,18). The molecule has 2 aromatic rings. The number of carbonyl (C=O) groups is 1. The second-order valence-corrected chi connectivity index (χ2v) is 5.65. The number of aromatic nitrogens is 2. The zero-order valence-corrected chi connectivity index (χ0v) is 11.7. The number of nitrogens with zero attached hydrogens (tertiary/aromatic N) is 2. The van der Waals surface area contributed by atoms with Gasteiger partial charge in [0.2, 0.25) is 10.0 Å². The molecule has 0 saturated heterocycles. The van der Waals surface area contributed by atoms with Crippen LogP contribution in [0.2, 0.25) is 0 Å². The zero-order chi connectivity index (χ0) is 15.6. The molecule has 0 aliphatic carbocycles. The first-order valence-corrected chi connectivity index (χ1v) is 7.21. The van der Waals surface area contributed by atoms with Gasteiger partial charge in [0.1, 0.15) is 10.7 Å². The second-order valence-electron chi connectivity index (χ2n) is 4.12. The number of anilines is 2. The van der Waals surface area contributed by atoms with E-state index in [9.17, 15) is 17.6 Å². The number of carbonyl (C=O) groups excluding carboxylic acids is 1. The van der Waals surface area contributed by atoms with Crippen molar-refractivity contribution in [3.05, 3.63) is 36.3 Å². The number of para-hydroxylation sites is 1. The van der Waals surface area contributed by atoms with E-state index in [0.29, 0.717) is 0 Å². The van der Waals surface area contributed by atoms with Crippen LogP contribution in [0, 0.1) is 5.82 Å². The van der Waals surface area contributed by atoms with E-state index >= 15 is 0 Å². The lowest BCUT2D eigenvalue weighted by atomic mass is 10.3. The Morgan fingerprint density at radius 2 is 2.00 bits per heavy atom. The van der Waals surface area contributed by atoms with E-state index in [4.69, 9.17) is 5.14 Å². The zero-order valence-electron chi connectivity index (χ0n) is 10.9. The summed E-state index contributed by atoms with van der Waals surface area (Å²) >= 11 is 0. The highest BCUT2D eigenvalue weighted by Crippen LogP contribution is 2.18. The molecule has 0 radical (unpaired) electrons. The van der Waals surface area contributed by atoms with Crippen LogP contribution in [-0.2, 0) is 17.1 Å². The molecule has 0 unspecified atom stereocenters. The number of rotatable bonds is 3. The highest BCUT2D eigenvalue weighted by molar-refractivity contribution is 7.89. The van der Waals surface area contributed by atoms with E-state index in [-0.39, 0.29) is 16.4 Å². The summed E-state index contributed by atoms with van der Waals surface area (Å²) < 4.78 is 37.3. The summed E-state index contributed by atoms with van der Waals surface area (Å²) in [4.78, 5) is 11.4. The monoisotopic (exact) mass is 313 g/mol. The Bertz CT molecular complexity index is 787. The van der Waals surface area contributed by atoms with Gasteiger partial charge in [0.05, 0.1) is 5.69 Å². The van der Waals surface area contributed by atoms with Crippen LogP contribution in [0.25, 0.3) is 0 Å². The summed E-state index contributed by atoms with van der Waals surface area (Å²) in [5.41, 5.74) is -0.0527. The maximum atomic E-state index is 13.4. The predicted octanol–water partition coefficient (Wildman–Crippen LogP) is 0.851. The fourth-order valence-corrected chi connectivity index (χ4v) is 2.25. The number of nitrogens with two attached hydrogens (primary N) is 1. The van der Waals surface area contributed by atoms with E-state index in [1.807, 2.05) is 0 Å². The number of benzene rings is 1. The topological polar surface area (TPSA) is 119 Å². The van der Waals surface area contributed by atoms with Gasteiger partial charge in [-0.05, 0) is 12.1 Å². The smallest absolute Gasteiger partial charge is 0.305 e. The van der Waals surface area contributed by atoms with Crippen molar-refractivity contribution in [3.63, 3.8) is 0 Å². The van der Waals surface area contributed by atoms with Crippen LogP contribution in [0.1, 0.15) is 0 Å². The normalized spacial score (nSPS) is 11.2. The van der Waals surface area contributed by atoms with Crippen LogP contribution < -0.4 is 15.8 Å². The molecule has 0 atom stereocenters. The van der Waals surface area contributed by atoms with Crippen molar-refractivity contribution in [2.75, 3.05) is 10.6 Å². The third kappa shape index (κ3) is 3.55. The van der Waals surface area contributed by atoms with Gasteiger partial charge < -0.3 is 5.32 Å². The molecule has 0 saturated carbocycles. The first kappa shape index (κ1) is 14.9. The number of hydrogen-bond donors (Lipinski definition) is 3. The summed E-state index contributed by atoms with van der Waals surface area (Å²) in [6, 6.07) is 4.69. The molecule has 0 fully saturated rings. The van der Waals surface area contributed by atoms with Crippen molar-refractivity contribution < 1.29 is 17.6 Å². The van der Waals surface area contributed by atoms with E-state index in [1.165, 1.54) is 36.0 Å². The molecule has 2 rings (SSSR count). The molecule has 0 aliphatic heterocycles. The van der Waals surface area contributed by atoms with E-state index in [2.05, 4.69) is 15.7 Å². The first-order valence-electron chi connectivity index (χ1n) is 5.66. The maximum Gasteiger partial charge on any atom is 0.325 e. The quantitative estimate of drug-likeness (QED) is 0.778. The summed E-state index contributed by atoms with van der Waals surface area (Å²) in [6.07, 6.45) is 1.15. The summed E-state index contributed by atoms with van der Waals surface area (Å²) in [5.74, 6) is -0.866. The SMILES string of the molecule is Cn1cc(S(N)(=O)=O)c(NC(=O)Nc2ccccc2F)n1. The fraction of sp³-hybridized carbons (Fsp3) is 0.0909. The third-order valence-corrected chi connectivity index (χ3v) is 3.37. The van der Waals surface area contributed by atoms with E-state index in [0.717, 1.165) is 6.20 Å². The third-order valence-electron chi connectivity index (χ3n) is 2.46. The van der Waals surface area contributed by atoms with Gasteiger partial charge in [0, 0.05) is 13.2 Å². The molecule has 112 valence electrons. The van der Waals surface area contributed by atoms with Gasteiger partial charge in [-0.1, -0.05) is 12.1 Å². The molecule has 2 amide bonds. The van der Waals surface area contributed by atoms with Crippen molar-refractivity contribution >= 4 is 27.6 Å². The lowest BCUT2D eigenvalue weighted by molar-refractivity contribution is 0.262. The number of hydrogen-bond acceptors (Lipinski definition) is 4. The van der Waals surface area contributed by atoms with Crippen molar-refractivity contribution in [1.82, 2.24) is 9.78 Å². The first-order chi connectivity index (χ1) is 9.77. The minimum atomic E-state index is -4.04. The van der Waals surface area contributed by atoms with E-state index in [1.54, 1.807) is 0 Å². The molecule has 0 aliphatic rings. The van der Waals surface area contributed by atoms with Crippen LogP contribution in [0.5, 0.6) is 0 Å². The Kier molecular flexibility index (Phi) is 3.91. The molecule has 1 aromatic heterocycles. The van der Waals surface area contributed by atoms with Gasteiger partial charge in [-0.3, -0.25) is 10.00 Å². The van der Waals surface area contributed by atoms with Crippen LogP contribution in [0.15, 0.2) is 35.4 Å². The van der Waals surface area contributed by atoms with Crippen molar-refractivity contribution in [2.45, 2.75) is 4.90 Å². The Morgan fingerprint density at radius 1 is 1.33 bits per heavy atom. The van der Waals surface area contributed by atoms with Gasteiger partial charge in [0.25, 0.3) is 0 Å². The highest BCUT2D eigenvalue weighted by atomic mass is 32.2. The molecule has 4 N–H and O–H groups in total. The molecule has 0 spiro atoms.